The molecule has 0 heterocycles. The van der Waals surface area contributed by atoms with Crippen LogP contribution in [0.5, 0.6) is 0 Å². The molecule has 0 aliphatic rings. The first kappa shape index (κ1) is 17.6. The Balaban J connectivity index is -0.000000114. The molecular formula is C6H16BLiO3. The Hall–Kier alpha value is 0.542. The monoisotopic (exact) mass is 154 g/mol. The number of hydrogen-bond donors (Lipinski definition) is 3. The summed E-state index contributed by atoms with van der Waals surface area (Å²) in [5, 5.41) is 21.5. The zero-order chi connectivity index (χ0) is 8.41. The first-order valence-corrected chi connectivity index (χ1v) is 3.48. The third-order valence-electron chi connectivity index (χ3n) is 0.854. The van der Waals surface area contributed by atoms with Gasteiger partial charge in [0.25, 0.3) is 0 Å². The molecule has 0 aromatic heterocycles. The Morgan fingerprint density at radius 2 is 1.55 bits per heavy atom. The summed E-state index contributed by atoms with van der Waals surface area (Å²) in [6.07, 6.45) is 5.07. The van der Waals surface area contributed by atoms with E-state index in [0.717, 1.165) is 6.42 Å². The van der Waals surface area contributed by atoms with Crippen molar-refractivity contribution < 1.29 is 33.9 Å². The summed E-state index contributed by atoms with van der Waals surface area (Å²) in [6, 6.07) is 0. The van der Waals surface area contributed by atoms with Crippen molar-refractivity contribution in [2.45, 2.75) is 32.6 Å². The Kier molecular flexibility index (Phi) is 27.0. The van der Waals surface area contributed by atoms with Gasteiger partial charge in [-0.3, -0.25) is 0 Å². The van der Waals surface area contributed by atoms with Crippen LogP contribution < -0.4 is 18.9 Å². The average molecular weight is 154 g/mol. The number of hydrogen-bond acceptors (Lipinski definition) is 3. The Morgan fingerprint density at radius 1 is 1.18 bits per heavy atom. The molecule has 5 heteroatoms. The van der Waals surface area contributed by atoms with Gasteiger partial charge in [0.2, 0.25) is 0 Å². The maximum Gasteiger partial charge on any atom is 1.00 e. The fourth-order valence-electron chi connectivity index (χ4n) is 0.427. The van der Waals surface area contributed by atoms with Crippen LogP contribution in [0.1, 0.15) is 32.6 Å². The second kappa shape index (κ2) is 16.9. The minimum absolute atomic E-state index is 0. The standard InChI is InChI=1S/C6H13.BH3O3.Li/c1-3-5-6-4-2;2-1(3)4;/h1,3-6H2,2H3;2-4H;/q-1;;+1. The van der Waals surface area contributed by atoms with E-state index in [1.807, 2.05) is 0 Å². The number of rotatable bonds is 3. The normalized spacial score (nSPS) is 7.36. The molecule has 0 unspecified atom stereocenters. The van der Waals surface area contributed by atoms with Gasteiger partial charge in [-0.25, -0.2) is 0 Å². The van der Waals surface area contributed by atoms with Crippen molar-refractivity contribution in [3.8, 4) is 0 Å². The molecule has 0 fully saturated rings. The van der Waals surface area contributed by atoms with Crippen LogP contribution in [0.4, 0.5) is 0 Å². The first-order chi connectivity index (χ1) is 4.65. The van der Waals surface area contributed by atoms with Crippen molar-refractivity contribution in [1.82, 2.24) is 0 Å². The van der Waals surface area contributed by atoms with Gasteiger partial charge < -0.3 is 22.0 Å². The largest absolute Gasteiger partial charge is 1.00 e. The first-order valence-electron chi connectivity index (χ1n) is 3.48. The van der Waals surface area contributed by atoms with Crippen LogP contribution in [0.15, 0.2) is 0 Å². The smallest absolute Gasteiger partial charge is 0.402 e. The molecule has 0 aromatic rings. The summed E-state index contributed by atoms with van der Waals surface area (Å²) in [4.78, 5) is 0. The zero-order valence-electron chi connectivity index (χ0n) is 7.45. The summed E-state index contributed by atoms with van der Waals surface area (Å²) in [5.41, 5.74) is 0. The predicted molar refractivity (Wildman–Crippen MR) is 41.9 cm³/mol. The van der Waals surface area contributed by atoms with Crippen LogP contribution in [0.3, 0.4) is 0 Å². The Morgan fingerprint density at radius 3 is 1.64 bits per heavy atom. The molecule has 0 radical (unpaired) electrons. The fraction of sp³-hybridized carbons (Fsp3) is 0.833. The topological polar surface area (TPSA) is 60.7 Å². The van der Waals surface area contributed by atoms with Crippen LogP contribution in [0, 0.1) is 6.92 Å². The van der Waals surface area contributed by atoms with E-state index >= 15 is 0 Å². The van der Waals surface area contributed by atoms with E-state index in [9.17, 15) is 0 Å². The maximum atomic E-state index is 7.17. The van der Waals surface area contributed by atoms with E-state index in [4.69, 9.17) is 15.1 Å². The third kappa shape index (κ3) is 61.3. The molecule has 0 amide bonds. The van der Waals surface area contributed by atoms with Gasteiger partial charge in [-0.05, 0) is 0 Å². The van der Waals surface area contributed by atoms with E-state index in [2.05, 4.69) is 13.8 Å². The van der Waals surface area contributed by atoms with Gasteiger partial charge in [0.05, 0.1) is 0 Å². The maximum absolute atomic E-state index is 7.17. The molecule has 62 valence electrons. The van der Waals surface area contributed by atoms with Crippen LogP contribution in [-0.2, 0) is 0 Å². The molecule has 11 heavy (non-hydrogen) atoms. The van der Waals surface area contributed by atoms with Crippen LogP contribution in [-0.4, -0.2) is 22.4 Å². The zero-order valence-corrected chi connectivity index (χ0v) is 7.45. The molecule has 3 N–H and O–H groups in total. The molecule has 0 aromatic carbocycles. The van der Waals surface area contributed by atoms with Crippen molar-refractivity contribution in [3.63, 3.8) is 0 Å². The molecule has 0 aliphatic heterocycles. The minimum atomic E-state index is -2.17. The SMILES string of the molecule is OB(O)O.[CH2-]CCCCC.[Li+]. The van der Waals surface area contributed by atoms with Crippen molar-refractivity contribution in [1.29, 1.82) is 0 Å². The second-order valence-corrected chi connectivity index (χ2v) is 1.91. The average Bonchev–Trinajstić information content (AvgIpc) is 1.82. The van der Waals surface area contributed by atoms with Gasteiger partial charge in [-0.15, -0.1) is 0 Å². The second-order valence-electron chi connectivity index (χ2n) is 1.91. The van der Waals surface area contributed by atoms with Gasteiger partial charge in [0, 0.05) is 0 Å². The predicted octanol–water partition coefficient (Wildman–Crippen LogP) is -2.65. The van der Waals surface area contributed by atoms with Crippen molar-refractivity contribution in [2.75, 3.05) is 0 Å². The van der Waals surface area contributed by atoms with Crippen molar-refractivity contribution >= 4 is 7.32 Å². The molecule has 0 rings (SSSR count). The summed E-state index contributed by atoms with van der Waals surface area (Å²) >= 11 is 0. The molecule has 0 saturated heterocycles. The van der Waals surface area contributed by atoms with Crippen molar-refractivity contribution in [2.24, 2.45) is 0 Å². The molecule has 3 nitrogen and oxygen atoms in total. The third-order valence-corrected chi connectivity index (χ3v) is 0.854. The molecule has 0 spiro atoms. The van der Waals surface area contributed by atoms with E-state index < -0.39 is 7.32 Å². The molecule has 0 bridgehead atoms. The van der Waals surface area contributed by atoms with E-state index in [1.54, 1.807) is 0 Å². The fourth-order valence-corrected chi connectivity index (χ4v) is 0.427. The van der Waals surface area contributed by atoms with Gasteiger partial charge in [-0.2, -0.15) is 6.42 Å². The molecule has 0 atom stereocenters. The van der Waals surface area contributed by atoms with Gasteiger partial charge in [-0.1, -0.05) is 26.2 Å². The van der Waals surface area contributed by atoms with Gasteiger partial charge >= 0.3 is 26.2 Å². The summed E-state index contributed by atoms with van der Waals surface area (Å²) in [5.74, 6) is 0. The summed E-state index contributed by atoms with van der Waals surface area (Å²) in [6.45, 7) is 5.93. The van der Waals surface area contributed by atoms with Crippen LogP contribution >= 0.6 is 0 Å². The molecule has 0 aliphatic carbocycles. The van der Waals surface area contributed by atoms with Gasteiger partial charge in [0.15, 0.2) is 0 Å². The molecular weight excluding hydrogens is 138 g/mol. The number of unbranched alkanes of at least 4 members (excludes halogenated alkanes) is 3. The van der Waals surface area contributed by atoms with Crippen LogP contribution in [0.2, 0.25) is 0 Å². The molecule has 0 saturated carbocycles. The Labute approximate surface area is 81.2 Å². The Bertz CT molecular complexity index is 48.3. The quantitative estimate of drug-likeness (QED) is 0.236. The van der Waals surface area contributed by atoms with Crippen LogP contribution in [0.25, 0.3) is 0 Å². The van der Waals surface area contributed by atoms with E-state index in [0.29, 0.717) is 0 Å². The summed E-state index contributed by atoms with van der Waals surface area (Å²) in [7, 11) is -2.17. The summed E-state index contributed by atoms with van der Waals surface area (Å²) < 4.78 is 0. The van der Waals surface area contributed by atoms with E-state index in [-0.39, 0.29) is 18.9 Å². The van der Waals surface area contributed by atoms with Crippen molar-refractivity contribution in [3.05, 3.63) is 6.92 Å². The van der Waals surface area contributed by atoms with Gasteiger partial charge in [0.1, 0.15) is 0 Å². The van der Waals surface area contributed by atoms with E-state index in [1.165, 1.54) is 19.3 Å². The minimum Gasteiger partial charge on any atom is -0.402 e.